The van der Waals surface area contributed by atoms with Gasteiger partial charge in [-0.1, -0.05) is 29.5 Å². The highest BCUT2D eigenvalue weighted by atomic mass is 32.1. The molecule has 118 valence electrons. The second-order valence-corrected chi connectivity index (χ2v) is 6.98. The molecule has 7 heteroatoms. The fourth-order valence-electron chi connectivity index (χ4n) is 2.77. The van der Waals surface area contributed by atoms with Crippen molar-refractivity contribution < 1.29 is 9.84 Å². The zero-order valence-corrected chi connectivity index (χ0v) is 13.9. The standard InChI is InChI=1S/C16H15N3O2S2/c20-15-14(9-11-10-17-13-4-2-1-3-12(11)13)23-16(22)19(15)18-5-7-21-8-6-18/h1-4,9-10,20H,5-8H2/b11-9+. The van der Waals surface area contributed by atoms with Gasteiger partial charge in [0.25, 0.3) is 0 Å². The number of aromatic nitrogens is 1. The maximum atomic E-state index is 10.6. The molecule has 1 N–H and O–H groups in total. The third-order valence-electron chi connectivity index (χ3n) is 3.91. The van der Waals surface area contributed by atoms with Gasteiger partial charge in [0.15, 0.2) is 3.95 Å². The van der Waals surface area contributed by atoms with Crippen LogP contribution in [0.2, 0.25) is 0 Å². The molecule has 0 atom stereocenters. The number of hydrogen-bond donors (Lipinski definition) is 1. The van der Waals surface area contributed by atoms with Crippen LogP contribution in [0.1, 0.15) is 10.4 Å². The SMILES string of the molecule is Oc1c(/C=C2\C=Nc3ccccc32)sc(=S)n1N1CCOCC1. The minimum atomic E-state index is 0.187. The number of aliphatic imine (C=N–C) groups is 1. The van der Waals surface area contributed by atoms with Crippen LogP contribution in [-0.4, -0.2) is 42.3 Å². The molecule has 1 aromatic heterocycles. The molecular formula is C16H15N3O2S2. The van der Waals surface area contributed by atoms with Crippen molar-refractivity contribution in [3.63, 3.8) is 0 Å². The van der Waals surface area contributed by atoms with Gasteiger partial charge in [-0.05, 0) is 24.4 Å². The van der Waals surface area contributed by atoms with Crippen molar-refractivity contribution in [2.24, 2.45) is 4.99 Å². The van der Waals surface area contributed by atoms with Crippen LogP contribution in [0.5, 0.6) is 5.88 Å². The van der Waals surface area contributed by atoms with Crippen LogP contribution in [-0.2, 0) is 4.74 Å². The van der Waals surface area contributed by atoms with E-state index in [9.17, 15) is 5.11 Å². The quantitative estimate of drug-likeness (QED) is 0.849. The first-order valence-electron chi connectivity index (χ1n) is 7.37. The summed E-state index contributed by atoms with van der Waals surface area (Å²) in [5, 5.41) is 12.6. The van der Waals surface area contributed by atoms with Crippen LogP contribution >= 0.6 is 23.6 Å². The van der Waals surface area contributed by atoms with E-state index in [2.05, 4.69) is 4.99 Å². The van der Waals surface area contributed by atoms with Crippen LogP contribution < -0.4 is 5.01 Å². The highest BCUT2D eigenvalue weighted by Gasteiger charge is 2.19. The average Bonchev–Trinajstić information content (AvgIpc) is 3.10. The van der Waals surface area contributed by atoms with Crippen molar-refractivity contribution in [2.75, 3.05) is 31.3 Å². The van der Waals surface area contributed by atoms with Gasteiger partial charge in [-0.2, -0.15) is 0 Å². The molecule has 0 saturated carbocycles. The Bertz CT molecular complexity index is 860. The molecule has 1 fully saturated rings. The van der Waals surface area contributed by atoms with E-state index >= 15 is 0 Å². The van der Waals surface area contributed by atoms with E-state index in [1.54, 1.807) is 4.68 Å². The maximum absolute atomic E-state index is 10.6. The highest BCUT2D eigenvalue weighted by Crippen LogP contribution is 2.35. The number of rotatable bonds is 2. The molecule has 2 aliphatic heterocycles. The van der Waals surface area contributed by atoms with Gasteiger partial charge in [0.05, 0.1) is 36.9 Å². The second kappa shape index (κ2) is 5.92. The second-order valence-electron chi connectivity index (χ2n) is 5.31. The van der Waals surface area contributed by atoms with Gasteiger partial charge >= 0.3 is 0 Å². The molecule has 1 saturated heterocycles. The summed E-state index contributed by atoms with van der Waals surface area (Å²) in [4.78, 5) is 5.15. The van der Waals surface area contributed by atoms with Crippen LogP contribution in [0.15, 0.2) is 29.3 Å². The molecule has 1 aromatic carbocycles. The molecular weight excluding hydrogens is 330 g/mol. The van der Waals surface area contributed by atoms with Crippen LogP contribution in [0.4, 0.5) is 5.69 Å². The van der Waals surface area contributed by atoms with Gasteiger partial charge in [-0.15, -0.1) is 0 Å². The first-order chi connectivity index (χ1) is 11.2. The molecule has 0 radical (unpaired) electrons. The van der Waals surface area contributed by atoms with E-state index in [4.69, 9.17) is 17.0 Å². The summed E-state index contributed by atoms with van der Waals surface area (Å²) in [6.45, 7) is 2.73. The zero-order valence-electron chi connectivity index (χ0n) is 12.3. The summed E-state index contributed by atoms with van der Waals surface area (Å²) in [6, 6.07) is 7.97. The minimum Gasteiger partial charge on any atom is -0.492 e. The number of thiazole rings is 1. The number of benzene rings is 1. The van der Waals surface area contributed by atoms with Crippen molar-refractivity contribution in [1.82, 2.24) is 4.68 Å². The van der Waals surface area contributed by atoms with Crippen LogP contribution in [0.25, 0.3) is 11.6 Å². The van der Waals surface area contributed by atoms with E-state index < -0.39 is 0 Å². The third-order valence-corrected chi connectivity index (χ3v) is 5.20. The fraction of sp³-hybridized carbons (Fsp3) is 0.250. The van der Waals surface area contributed by atoms with Crippen molar-refractivity contribution in [3.8, 4) is 5.88 Å². The normalized spacial score (nSPS) is 18.6. The topological polar surface area (TPSA) is 50.0 Å². The molecule has 0 bridgehead atoms. The molecule has 0 spiro atoms. The molecule has 2 aliphatic rings. The Morgan fingerprint density at radius 1 is 1.26 bits per heavy atom. The Hall–Kier alpha value is -1.96. The lowest BCUT2D eigenvalue weighted by Crippen LogP contribution is -2.43. The van der Waals surface area contributed by atoms with E-state index in [0.29, 0.717) is 17.2 Å². The summed E-state index contributed by atoms with van der Waals surface area (Å²) in [5.74, 6) is 0.187. The number of nitrogens with zero attached hydrogens (tertiary/aromatic N) is 3. The number of para-hydroxylation sites is 1. The number of morpholine rings is 1. The van der Waals surface area contributed by atoms with Crippen molar-refractivity contribution in [1.29, 1.82) is 0 Å². The van der Waals surface area contributed by atoms with Gasteiger partial charge in [0.2, 0.25) is 5.88 Å². The fourth-order valence-corrected chi connectivity index (χ4v) is 4.08. The van der Waals surface area contributed by atoms with E-state index in [0.717, 1.165) is 34.8 Å². The average molecular weight is 345 g/mol. The van der Waals surface area contributed by atoms with Gasteiger partial charge in [0.1, 0.15) is 0 Å². The first-order valence-corrected chi connectivity index (χ1v) is 8.59. The minimum absolute atomic E-state index is 0.187. The van der Waals surface area contributed by atoms with E-state index in [1.165, 1.54) is 11.3 Å². The van der Waals surface area contributed by atoms with Gasteiger partial charge in [0, 0.05) is 17.4 Å². The lowest BCUT2D eigenvalue weighted by Gasteiger charge is -2.29. The van der Waals surface area contributed by atoms with Gasteiger partial charge < -0.3 is 14.9 Å². The Kier molecular flexibility index (Phi) is 3.76. The van der Waals surface area contributed by atoms with Crippen molar-refractivity contribution in [3.05, 3.63) is 38.7 Å². The van der Waals surface area contributed by atoms with Gasteiger partial charge in [-0.25, -0.2) is 4.68 Å². The lowest BCUT2D eigenvalue weighted by molar-refractivity contribution is 0.109. The number of hydrogen-bond acceptors (Lipinski definition) is 6. The Labute approximate surface area is 142 Å². The summed E-state index contributed by atoms with van der Waals surface area (Å²) >= 11 is 6.84. The summed E-state index contributed by atoms with van der Waals surface area (Å²) in [6.07, 6.45) is 3.77. The maximum Gasteiger partial charge on any atom is 0.230 e. The van der Waals surface area contributed by atoms with Crippen molar-refractivity contribution >= 4 is 47.1 Å². The predicted octanol–water partition coefficient (Wildman–Crippen LogP) is 3.21. The summed E-state index contributed by atoms with van der Waals surface area (Å²) < 4.78 is 7.71. The molecule has 0 unspecified atom stereocenters. The predicted molar refractivity (Wildman–Crippen MR) is 96.0 cm³/mol. The number of aromatic hydroxyl groups is 1. The monoisotopic (exact) mass is 345 g/mol. The van der Waals surface area contributed by atoms with Crippen LogP contribution in [0.3, 0.4) is 0 Å². The molecule has 2 aromatic rings. The smallest absolute Gasteiger partial charge is 0.230 e. The molecule has 0 aliphatic carbocycles. The third kappa shape index (κ3) is 2.60. The zero-order chi connectivity index (χ0) is 15.8. The highest BCUT2D eigenvalue weighted by molar-refractivity contribution is 7.73. The largest absolute Gasteiger partial charge is 0.492 e. The lowest BCUT2D eigenvalue weighted by atomic mass is 10.1. The van der Waals surface area contributed by atoms with E-state index in [1.807, 2.05) is 41.6 Å². The summed E-state index contributed by atoms with van der Waals surface area (Å²) in [7, 11) is 0. The molecule has 4 rings (SSSR count). The molecule has 3 heterocycles. The number of allylic oxidation sites excluding steroid dienone is 1. The Morgan fingerprint density at radius 3 is 2.87 bits per heavy atom. The van der Waals surface area contributed by atoms with Crippen LogP contribution in [0, 0.1) is 3.95 Å². The van der Waals surface area contributed by atoms with Crippen molar-refractivity contribution in [2.45, 2.75) is 0 Å². The number of ether oxygens (including phenoxy) is 1. The summed E-state index contributed by atoms with van der Waals surface area (Å²) in [5.41, 5.74) is 3.01. The molecule has 5 nitrogen and oxygen atoms in total. The Balaban J connectivity index is 1.73. The van der Waals surface area contributed by atoms with Gasteiger partial charge in [-0.3, -0.25) is 4.99 Å². The van der Waals surface area contributed by atoms with E-state index in [-0.39, 0.29) is 5.88 Å². The molecule has 0 amide bonds. The Morgan fingerprint density at radius 2 is 2.04 bits per heavy atom. The molecule has 23 heavy (non-hydrogen) atoms. The number of fused-ring (bicyclic) bond motifs is 1. The first kappa shape index (κ1) is 14.6.